The van der Waals surface area contributed by atoms with Gasteiger partial charge in [0.15, 0.2) is 0 Å². The molecule has 108 valence electrons. The van der Waals surface area contributed by atoms with Gasteiger partial charge in [0.05, 0.1) is 0 Å². The van der Waals surface area contributed by atoms with Gasteiger partial charge in [-0.05, 0) is 56.1 Å². The number of nitrogens with one attached hydrogen (secondary N) is 1. The Morgan fingerprint density at radius 3 is 2.60 bits per heavy atom. The fourth-order valence-electron chi connectivity index (χ4n) is 2.20. The van der Waals surface area contributed by atoms with Crippen molar-refractivity contribution in [2.75, 3.05) is 6.54 Å². The van der Waals surface area contributed by atoms with Crippen LogP contribution in [-0.2, 0) is 6.42 Å². The van der Waals surface area contributed by atoms with Crippen molar-refractivity contribution in [1.29, 1.82) is 0 Å². The molecule has 0 saturated carbocycles. The molecular weight excluding hydrogens is 337 g/mol. The molecule has 1 atom stereocenters. The van der Waals surface area contributed by atoms with Crippen molar-refractivity contribution in [3.8, 4) is 0 Å². The molecule has 0 aliphatic carbocycles. The third kappa shape index (κ3) is 3.68. The van der Waals surface area contributed by atoms with Crippen LogP contribution >= 0.6 is 27.3 Å². The lowest BCUT2D eigenvalue weighted by Gasteiger charge is -2.17. The minimum atomic E-state index is -0.146. The van der Waals surface area contributed by atoms with Crippen molar-refractivity contribution in [2.45, 2.75) is 33.2 Å². The van der Waals surface area contributed by atoms with Gasteiger partial charge in [0.25, 0.3) is 0 Å². The monoisotopic (exact) mass is 355 g/mol. The van der Waals surface area contributed by atoms with Crippen LogP contribution in [0.1, 0.15) is 33.8 Å². The Hall–Kier alpha value is -0.710. The molecule has 0 saturated heterocycles. The first-order valence-electron chi connectivity index (χ1n) is 6.75. The van der Waals surface area contributed by atoms with E-state index in [9.17, 15) is 4.39 Å². The molecule has 0 bridgehead atoms. The van der Waals surface area contributed by atoms with Crippen molar-refractivity contribution in [2.24, 2.45) is 0 Å². The molecule has 1 N–H and O–H groups in total. The van der Waals surface area contributed by atoms with E-state index in [0.29, 0.717) is 6.42 Å². The zero-order valence-corrected chi connectivity index (χ0v) is 14.4. The van der Waals surface area contributed by atoms with Crippen molar-refractivity contribution >= 4 is 27.3 Å². The number of halogens is 2. The maximum atomic E-state index is 14.0. The average Bonchev–Trinajstić information content (AvgIpc) is 2.72. The van der Waals surface area contributed by atoms with Gasteiger partial charge in [-0.3, -0.25) is 0 Å². The summed E-state index contributed by atoms with van der Waals surface area (Å²) in [6.45, 7) is 7.21. The molecule has 1 aromatic heterocycles. The van der Waals surface area contributed by atoms with Crippen LogP contribution in [0.25, 0.3) is 0 Å². The Labute approximate surface area is 132 Å². The van der Waals surface area contributed by atoms with E-state index in [1.54, 1.807) is 11.3 Å². The Balaban J connectivity index is 2.25. The van der Waals surface area contributed by atoms with Crippen molar-refractivity contribution in [3.63, 3.8) is 0 Å². The summed E-state index contributed by atoms with van der Waals surface area (Å²) in [5.74, 6) is -0.146. The SMILES string of the molecule is CCNC(Cc1ccc(Br)cc1F)c1cc(C)c(C)s1. The molecule has 2 rings (SSSR count). The molecule has 1 aromatic carbocycles. The van der Waals surface area contributed by atoms with Gasteiger partial charge in [-0.15, -0.1) is 11.3 Å². The van der Waals surface area contributed by atoms with Gasteiger partial charge in [0.2, 0.25) is 0 Å². The predicted molar refractivity (Wildman–Crippen MR) is 88.0 cm³/mol. The van der Waals surface area contributed by atoms with Gasteiger partial charge in [-0.2, -0.15) is 0 Å². The van der Waals surface area contributed by atoms with E-state index in [0.717, 1.165) is 16.6 Å². The standard InChI is InChI=1S/C16H19BrFNS/c1-4-19-15(16-7-10(2)11(3)20-16)8-12-5-6-13(17)9-14(12)18/h5-7,9,15,19H,4,8H2,1-3H3. The average molecular weight is 356 g/mol. The molecule has 0 spiro atoms. The van der Waals surface area contributed by atoms with Crippen LogP contribution < -0.4 is 5.32 Å². The molecule has 1 nitrogen and oxygen atoms in total. The van der Waals surface area contributed by atoms with Gasteiger partial charge < -0.3 is 5.32 Å². The highest BCUT2D eigenvalue weighted by atomic mass is 79.9. The van der Waals surface area contributed by atoms with E-state index < -0.39 is 0 Å². The second-order valence-electron chi connectivity index (χ2n) is 4.94. The number of hydrogen-bond acceptors (Lipinski definition) is 2. The summed E-state index contributed by atoms with van der Waals surface area (Å²) in [6, 6.07) is 7.67. The molecule has 1 unspecified atom stereocenters. The molecule has 0 fully saturated rings. The number of likely N-dealkylation sites (N-methyl/N-ethyl adjacent to an activating group) is 1. The number of aryl methyl sites for hydroxylation is 2. The van der Waals surface area contributed by atoms with E-state index in [2.05, 4.69) is 48.1 Å². The largest absolute Gasteiger partial charge is 0.309 e. The third-order valence-corrected chi connectivity index (χ3v) is 5.18. The second-order valence-corrected chi connectivity index (χ2v) is 7.14. The molecule has 0 aliphatic rings. The minimum Gasteiger partial charge on any atom is -0.309 e. The number of rotatable bonds is 5. The Kier molecular flexibility index (Phi) is 5.35. The smallest absolute Gasteiger partial charge is 0.127 e. The molecule has 20 heavy (non-hydrogen) atoms. The summed E-state index contributed by atoms with van der Waals surface area (Å²) < 4.78 is 14.8. The fourth-order valence-corrected chi connectivity index (χ4v) is 3.65. The van der Waals surface area contributed by atoms with E-state index >= 15 is 0 Å². The minimum absolute atomic E-state index is 0.146. The molecule has 0 aliphatic heterocycles. The van der Waals surface area contributed by atoms with E-state index in [1.165, 1.54) is 21.4 Å². The van der Waals surface area contributed by atoms with Crippen LogP contribution in [0.3, 0.4) is 0 Å². The Bertz CT molecular complexity index is 575. The van der Waals surface area contributed by atoms with Crippen molar-refractivity contribution in [3.05, 3.63) is 55.4 Å². The van der Waals surface area contributed by atoms with Gasteiger partial charge in [-0.1, -0.05) is 28.9 Å². The number of benzene rings is 1. The number of hydrogen-bond donors (Lipinski definition) is 1. The molecular formula is C16H19BrFNS. The van der Waals surface area contributed by atoms with Crippen molar-refractivity contribution in [1.82, 2.24) is 5.32 Å². The maximum absolute atomic E-state index is 14.0. The summed E-state index contributed by atoms with van der Waals surface area (Å²) in [6.07, 6.45) is 0.673. The van der Waals surface area contributed by atoms with E-state index in [-0.39, 0.29) is 11.9 Å². The lowest BCUT2D eigenvalue weighted by molar-refractivity contribution is 0.534. The highest BCUT2D eigenvalue weighted by molar-refractivity contribution is 9.10. The zero-order chi connectivity index (χ0) is 14.7. The summed E-state index contributed by atoms with van der Waals surface area (Å²) in [4.78, 5) is 2.61. The van der Waals surface area contributed by atoms with Gasteiger partial charge in [0, 0.05) is 20.3 Å². The predicted octanol–water partition coefficient (Wildman–Crippen LogP) is 5.16. The zero-order valence-electron chi connectivity index (χ0n) is 12.0. The van der Waals surface area contributed by atoms with Crippen LogP contribution in [-0.4, -0.2) is 6.54 Å². The topological polar surface area (TPSA) is 12.0 Å². The summed E-state index contributed by atoms with van der Waals surface area (Å²) in [5.41, 5.74) is 2.06. The van der Waals surface area contributed by atoms with Gasteiger partial charge in [0.1, 0.15) is 5.82 Å². The van der Waals surface area contributed by atoms with Crippen LogP contribution in [0.5, 0.6) is 0 Å². The summed E-state index contributed by atoms with van der Waals surface area (Å²) >= 11 is 5.09. The molecule has 2 aromatic rings. The number of thiophene rings is 1. The van der Waals surface area contributed by atoms with Crippen molar-refractivity contribution < 1.29 is 4.39 Å². The van der Waals surface area contributed by atoms with Gasteiger partial charge >= 0.3 is 0 Å². The van der Waals surface area contributed by atoms with E-state index in [1.807, 2.05) is 12.1 Å². The lowest BCUT2D eigenvalue weighted by Crippen LogP contribution is -2.22. The first-order chi connectivity index (χ1) is 9.51. The second kappa shape index (κ2) is 6.83. The molecule has 0 amide bonds. The Morgan fingerprint density at radius 2 is 2.05 bits per heavy atom. The van der Waals surface area contributed by atoms with Gasteiger partial charge in [-0.25, -0.2) is 4.39 Å². The third-order valence-electron chi connectivity index (χ3n) is 3.42. The quantitative estimate of drug-likeness (QED) is 0.780. The summed E-state index contributed by atoms with van der Waals surface area (Å²) in [7, 11) is 0. The van der Waals surface area contributed by atoms with Crippen LogP contribution in [0.2, 0.25) is 0 Å². The first kappa shape index (κ1) is 15.7. The maximum Gasteiger partial charge on any atom is 0.127 e. The van der Waals surface area contributed by atoms with Crippen LogP contribution in [0, 0.1) is 19.7 Å². The van der Waals surface area contributed by atoms with E-state index in [4.69, 9.17) is 0 Å². The lowest BCUT2D eigenvalue weighted by atomic mass is 10.0. The normalized spacial score (nSPS) is 12.7. The molecule has 0 radical (unpaired) electrons. The summed E-state index contributed by atoms with van der Waals surface area (Å²) in [5, 5.41) is 3.46. The molecule has 4 heteroatoms. The fraction of sp³-hybridized carbons (Fsp3) is 0.375. The highest BCUT2D eigenvalue weighted by Gasteiger charge is 2.16. The highest BCUT2D eigenvalue weighted by Crippen LogP contribution is 2.29. The molecule has 1 heterocycles. The van der Waals surface area contributed by atoms with Crippen LogP contribution in [0.4, 0.5) is 4.39 Å². The Morgan fingerprint density at radius 1 is 1.30 bits per heavy atom. The first-order valence-corrected chi connectivity index (χ1v) is 8.36. The van der Waals surface area contributed by atoms with Crippen LogP contribution in [0.15, 0.2) is 28.7 Å².